The Hall–Kier alpha value is -0.760. The van der Waals surface area contributed by atoms with Crippen molar-refractivity contribution in [3.05, 3.63) is 0 Å². The number of alkyl halides is 3. The molecular formula is C12H19F3N2. The van der Waals surface area contributed by atoms with Crippen LogP contribution >= 0.6 is 0 Å². The number of rotatable bonds is 3. The average molecular weight is 248 g/mol. The van der Waals surface area contributed by atoms with Crippen molar-refractivity contribution in [2.24, 2.45) is 5.92 Å². The number of hydrogen-bond donors (Lipinski definition) is 1. The molecule has 1 fully saturated rings. The highest BCUT2D eigenvalue weighted by Crippen LogP contribution is 2.26. The van der Waals surface area contributed by atoms with Gasteiger partial charge in [0.1, 0.15) is 0 Å². The Morgan fingerprint density at radius 1 is 1.29 bits per heavy atom. The zero-order chi connectivity index (χ0) is 12.9. The predicted molar refractivity (Wildman–Crippen MR) is 59.2 cm³/mol. The molecule has 0 aromatic rings. The van der Waals surface area contributed by atoms with Gasteiger partial charge in [-0.3, -0.25) is 0 Å². The van der Waals surface area contributed by atoms with Crippen LogP contribution in [0.25, 0.3) is 0 Å². The largest absolute Gasteiger partial charge is 0.390 e. The van der Waals surface area contributed by atoms with E-state index in [0.29, 0.717) is 0 Å². The van der Waals surface area contributed by atoms with Crippen molar-refractivity contribution < 1.29 is 13.2 Å². The molecule has 98 valence electrons. The van der Waals surface area contributed by atoms with Gasteiger partial charge in [-0.2, -0.15) is 18.4 Å². The summed E-state index contributed by atoms with van der Waals surface area (Å²) < 4.78 is 36.6. The van der Waals surface area contributed by atoms with Gasteiger partial charge in [-0.15, -0.1) is 0 Å². The summed E-state index contributed by atoms with van der Waals surface area (Å²) in [6.45, 7) is 1.53. The topological polar surface area (TPSA) is 35.8 Å². The van der Waals surface area contributed by atoms with Gasteiger partial charge in [0.05, 0.1) is 18.4 Å². The third-order valence-electron chi connectivity index (χ3n) is 3.22. The van der Waals surface area contributed by atoms with Crippen LogP contribution in [-0.2, 0) is 0 Å². The predicted octanol–water partition coefficient (Wildman–Crippen LogP) is 3.39. The van der Waals surface area contributed by atoms with Crippen molar-refractivity contribution >= 4 is 0 Å². The van der Waals surface area contributed by atoms with E-state index in [1.165, 1.54) is 6.92 Å². The van der Waals surface area contributed by atoms with E-state index in [4.69, 9.17) is 5.26 Å². The number of nitrogens with zero attached hydrogens (tertiary/aromatic N) is 1. The molecule has 0 heterocycles. The van der Waals surface area contributed by atoms with E-state index >= 15 is 0 Å². The molecule has 0 aliphatic heterocycles. The molecule has 0 amide bonds. The maximum absolute atomic E-state index is 12.2. The Balaban J connectivity index is 2.49. The average Bonchev–Trinajstić information content (AvgIpc) is 2.39. The molecule has 3 unspecified atom stereocenters. The first-order chi connectivity index (χ1) is 7.92. The summed E-state index contributed by atoms with van der Waals surface area (Å²) in [7, 11) is 0. The molecule has 17 heavy (non-hydrogen) atoms. The Labute approximate surface area is 100 Å². The van der Waals surface area contributed by atoms with Crippen LogP contribution in [0.15, 0.2) is 0 Å². The van der Waals surface area contributed by atoms with Crippen molar-refractivity contribution in [2.45, 2.75) is 63.7 Å². The van der Waals surface area contributed by atoms with E-state index in [-0.39, 0.29) is 12.0 Å². The molecule has 1 N–H and O–H groups in total. The van der Waals surface area contributed by atoms with Gasteiger partial charge in [0, 0.05) is 12.1 Å². The lowest BCUT2D eigenvalue weighted by atomic mass is 9.95. The number of halogens is 3. The fourth-order valence-electron chi connectivity index (χ4n) is 2.43. The Morgan fingerprint density at radius 2 is 1.94 bits per heavy atom. The molecule has 1 aliphatic carbocycles. The van der Waals surface area contributed by atoms with Gasteiger partial charge in [-0.1, -0.05) is 19.3 Å². The lowest BCUT2D eigenvalue weighted by Gasteiger charge is -2.25. The Morgan fingerprint density at radius 3 is 2.53 bits per heavy atom. The first-order valence-corrected chi connectivity index (χ1v) is 6.15. The first-order valence-electron chi connectivity index (χ1n) is 6.15. The summed E-state index contributed by atoms with van der Waals surface area (Å²) in [4.78, 5) is 0. The molecule has 0 radical (unpaired) electrons. The number of nitriles is 1. The molecule has 0 aromatic heterocycles. The second-order valence-electron chi connectivity index (χ2n) is 4.87. The number of nitrogens with one attached hydrogen (secondary N) is 1. The molecule has 2 nitrogen and oxygen atoms in total. The smallest absolute Gasteiger partial charge is 0.310 e. The van der Waals surface area contributed by atoms with Gasteiger partial charge in [0.15, 0.2) is 0 Å². The van der Waals surface area contributed by atoms with Crippen molar-refractivity contribution in [3.8, 4) is 6.07 Å². The van der Waals surface area contributed by atoms with Gasteiger partial charge in [-0.05, 0) is 19.8 Å². The van der Waals surface area contributed by atoms with Crippen LogP contribution < -0.4 is 5.32 Å². The molecule has 3 atom stereocenters. The maximum Gasteiger partial charge on any atom is 0.390 e. The van der Waals surface area contributed by atoms with E-state index in [1.54, 1.807) is 0 Å². The fourth-order valence-corrected chi connectivity index (χ4v) is 2.43. The second-order valence-corrected chi connectivity index (χ2v) is 4.87. The molecule has 5 heteroatoms. The molecule has 1 rings (SSSR count). The molecule has 0 saturated heterocycles. The monoisotopic (exact) mass is 248 g/mol. The van der Waals surface area contributed by atoms with Crippen molar-refractivity contribution in [1.29, 1.82) is 5.26 Å². The van der Waals surface area contributed by atoms with Crippen LogP contribution in [0.3, 0.4) is 0 Å². The van der Waals surface area contributed by atoms with Crippen molar-refractivity contribution in [2.75, 3.05) is 0 Å². The minimum absolute atomic E-state index is 0.0835. The summed E-state index contributed by atoms with van der Waals surface area (Å²) in [5.41, 5.74) is 0. The highest BCUT2D eigenvalue weighted by Gasteiger charge is 2.32. The highest BCUT2D eigenvalue weighted by atomic mass is 19.4. The lowest BCUT2D eigenvalue weighted by Crippen LogP contribution is -2.42. The minimum atomic E-state index is -4.14. The SMILES string of the molecule is CC(CC(F)(F)F)NC1CCCCCC1C#N. The molecule has 0 spiro atoms. The summed E-state index contributed by atoms with van der Waals surface area (Å²) in [6, 6.07) is 1.52. The van der Waals surface area contributed by atoms with Crippen molar-refractivity contribution in [1.82, 2.24) is 5.32 Å². The highest BCUT2D eigenvalue weighted by molar-refractivity contribution is 4.94. The minimum Gasteiger partial charge on any atom is -0.310 e. The third kappa shape index (κ3) is 5.40. The molecular weight excluding hydrogens is 229 g/mol. The van der Waals surface area contributed by atoms with Crippen LogP contribution in [0, 0.1) is 17.2 Å². The standard InChI is InChI=1S/C12H19F3N2/c1-9(7-12(13,14)15)17-11-6-4-2-3-5-10(11)8-16/h9-11,17H,2-7H2,1H3. The van der Waals surface area contributed by atoms with Gasteiger partial charge >= 0.3 is 6.18 Å². The molecule has 1 saturated carbocycles. The molecule has 1 aliphatic rings. The van der Waals surface area contributed by atoms with Crippen LogP contribution in [0.5, 0.6) is 0 Å². The van der Waals surface area contributed by atoms with E-state index in [1.807, 2.05) is 0 Å². The summed E-state index contributed by atoms with van der Waals surface area (Å²) in [6.07, 6.45) is -0.295. The van der Waals surface area contributed by atoms with Gasteiger partial charge < -0.3 is 5.32 Å². The summed E-state index contributed by atoms with van der Waals surface area (Å²) in [5, 5.41) is 12.0. The Kier molecular flexibility index (Phi) is 5.26. The zero-order valence-electron chi connectivity index (χ0n) is 10.1. The Bertz CT molecular complexity index is 270. The van der Waals surface area contributed by atoms with Gasteiger partial charge in [-0.25, -0.2) is 0 Å². The quantitative estimate of drug-likeness (QED) is 0.777. The first kappa shape index (κ1) is 14.3. The fraction of sp³-hybridized carbons (Fsp3) is 0.917. The van der Waals surface area contributed by atoms with Crippen molar-refractivity contribution in [3.63, 3.8) is 0 Å². The third-order valence-corrected chi connectivity index (χ3v) is 3.22. The maximum atomic E-state index is 12.2. The van der Waals surface area contributed by atoms with E-state index in [0.717, 1.165) is 32.1 Å². The normalized spacial score (nSPS) is 28.2. The second kappa shape index (κ2) is 6.25. The van der Waals surface area contributed by atoms with E-state index < -0.39 is 18.6 Å². The van der Waals surface area contributed by atoms with Gasteiger partial charge in [0.2, 0.25) is 0 Å². The van der Waals surface area contributed by atoms with Crippen LogP contribution in [0.4, 0.5) is 13.2 Å². The van der Waals surface area contributed by atoms with Gasteiger partial charge in [0.25, 0.3) is 0 Å². The molecule has 0 bridgehead atoms. The summed E-state index contributed by atoms with van der Waals surface area (Å²) >= 11 is 0. The van der Waals surface area contributed by atoms with Crippen LogP contribution in [0.1, 0.15) is 45.4 Å². The summed E-state index contributed by atoms with van der Waals surface area (Å²) in [5.74, 6) is -0.145. The zero-order valence-corrected chi connectivity index (χ0v) is 10.1. The number of hydrogen-bond acceptors (Lipinski definition) is 2. The van der Waals surface area contributed by atoms with Crippen LogP contribution in [-0.4, -0.2) is 18.3 Å². The van der Waals surface area contributed by atoms with Crippen LogP contribution in [0.2, 0.25) is 0 Å². The van der Waals surface area contributed by atoms with E-state index in [2.05, 4.69) is 11.4 Å². The molecule has 0 aromatic carbocycles. The lowest BCUT2D eigenvalue weighted by molar-refractivity contribution is -0.139. The van der Waals surface area contributed by atoms with E-state index in [9.17, 15) is 13.2 Å².